The maximum absolute atomic E-state index is 11.5. The topological polar surface area (TPSA) is 64.1 Å². The van der Waals surface area contributed by atoms with Gasteiger partial charge in [-0.1, -0.05) is 36.6 Å². The maximum atomic E-state index is 11.5. The molecule has 1 unspecified atom stereocenters. The second-order valence-electron chi connectivity index (χ2n) is 6.02. The third-order valence-corrected chi connectivity index (χ3v) is 4.68. The van der Waals surface area contributed by atoms with E-state index in [1.165, 1.54) is 32.8 Å². The summed E-state index contributed by atoms with van der Waals surface area (Å²) in [5.41, 5.74) is 1.34. The summed E-state index contributed by atoms with van der Waals surface area (Å²) in [7, 11) is 1.32. The van der Waals surface area contributed by atoms with E-state index in [9.17, 15) is 4.79 Å². The minimum absolute atomic E-state index is 0.129. The van der Waals surface area contributed by atoms with Crippen molar-refractivity contribution in [2.45, 2.75) is 31.7 Å². The van der Waals surface area contributed by atoms with E-state index in [1.807, 2.05) is 18.2 Å². The number of nitrogens with one attached hydrogen (secondary N) is 1. The average Bonchev–Trinajstić information content (AvgIpc) is 3.14. The molecule has 1 aliphatic carbocycles. The van der Waals surface area contributed by atoms with Crippen LogP contribution in [0.2, 0.25) is 5.02 Å². The number of aromatic nitrogens is 2. The summed E-state index contributed by atoms with van der Waals surface area (Å²) in [6.07, 6.45) is 4.85. The fourth-order valence-electron chi connectivity index (χ4n) is 3.25. The van der Waals surface area contributed by atoms with Gasteiger partial charge in [0.05, 0.1) is 13.2 Å². The van der Waals surface area contributed by atoms with Crippen LogP contribution < -0.4 is 5.32 Å². The molecule has 3 rings (SSSR count). The van der Waals surface area contributed by atoms with Crippen molar-refractivity contribution in [3.63, 3.8) is 0 Å². The first-order valence-electron chi connectivity index (χ1n) is 8.11. The van der Waals surface area contributed by atoms with Gasteiger partial charge in [-0.05, 0) is 48.6 Å². The first-order valence-corrected chi connectivity index (χ1v) is 8.49. The standard InChI is InChI=1S/C18H20ClN3O2/c1-24-18(23)15-9-10-16(22-21-15)20-17(12-5-2-3-6-12)13-7-4-8-14(19)11-13/h4,7-12,17H,2-3,5-6H2,1H3,(H,20,22). The fraction of sp³-hybridized carbons (Fsp3) is 0.389. The number of methoxy groups -OCH3 is 1. The quantitative estimate of drug-likeness (QED) is 0.820. The molecule has 1 heterocycles. The molecular formula is C18H20ClN3O2. The summed E-state index contributed by atoms with van der Waals surface area (Å²) >= 11 is 6.16. The molecule has 0 saturated heterocycles. The Labute approximate surface area is 146 Å². The average molecular weight is 346 g/mol. The van der Waals surface area contributed by atoms with E-state index in [2.05, 4.69) is 26.3 Å². The molecule has 1 aromatic heterocycles. The second-order valence-corrected chi connectivity index (χ2v) is 6.45. The molecule has 1 aromatic carbocycles. The van der Waals surface area contributed by atoms with Gasteiger partial charge in [0.1, 0.15) is 5.82 Å². The summed E-state index contributed by atoms with van der Waals surface area (Å²) in [4.78, 5) is 11.5. The van der Waals surface area contributed by atoms with Gasteiger partial charge >= 0.3 is 5.97 Å². The van der Waals surface area contributed by atoms with Gasteiger partial charge in [-0.3, -0.25) is 0 Å². The maximum Gasteiger partial charge on any atom is 0.358 e. The highest BCUT2D eigenvalue weighted by molar-refractivity contribution is 6.30. The van der Waals surface area contributed by atoms with Crippen LogP contribution in [-0.2, 0) is 4.74 Å². The summed E-state index contributed by atoms with van der Waals surface area (Å²) in [6, 6.07) is 11.4. The molecule has 0 aliphatic heterocycles. The SMILES string of the molecule is COC(=O)c1ccc(NC(c2cccc(Cl)c2)C2CCCC2)nn1. The third kappa shape index (κ3) is 3.85. The van der Waals surface area contributed by atoms with Gasteiger partial charge in [-0.2, -0.15) is 0 Å². The van der Waals surface area contributed by atoms with Crippen molar-refractivity contribution in [3.8, 4) is 0 Å². The van der Waals surface area contributed by atoms with Crippen LogP contribution in [-0.4, -0.2) is 23.3 Å². The zero-order valence-corrected chi connectivity index (χ0v) is 14.3. The highest BCUT2D eigenvalue weighted by atomic mass is 35.5. The minimum Gasteiger partial charge on any atom is -0.464 e. The normalized spacial score (nSPS) is 15.9. The number of carbonyl (C=O) groups excluding carboxylic acids is 1. The molecule has 24 heavy (non-hydrogen) atoms. The number of carbonyl (C=O) groups is 1. The van der Waals surface area contributed by atoms with Crippen LogP contribution in [0.1, 0.15) is 47.8 Å². The van der Waals surface area contributed by atoms with E-state index in [1.54, 1.807) is 12.1 Å². The molecule has 0 radical (unpaired) electrons. The number of esters is 1. The molecule has 1 atom stereocenters. The predicted molar refractivity (Wildman–Crippen MR) is 93.1 cm³/mol. The van der Waals surface area contributed by atoms with Crippen LogP contribution in [0.3, 0.4) is 0 Å². The van der Waals surface area contributed by atoms with Crippen LogP contribution >= 0.6 is 11.6 Å². The molecule has 1 aliphatic rings. The third-order valence-electron chi connectivity index (χ3n) is 4.44. The van der Waals surface area contributed by atoms with Crippen molar-refractivity contribution in [1.29, 1.82) is 0 Å². The van der Waals surface area contributed by atoms with Crippen LogP contribution in [0, 0.1) is 5.92 Å². The lowest BCUT2D eigenvalue weighted by Crippen LogP contribution is -2.20. The smallest absolute Gasteiger partial charge is 0.358 e. The first kappa shape index (κ1) is 16.7. The first-order chi connectivity index (χ1) is 11.7. The molecule has 5 nitrogen and oxygen atoms in total. The van der Waals surface area contributed by atoms with Gasteiger partial charge in [-0.25, -0.2) is 4.79 Å². The van der Waals surface area contributed by atoms with Crippen LogP contribution in [0.5, 0.6) is 0 Å². The number of ether oxygens (including phenoxy) is 1. The fourth-order valence-corrected chi connectivity index (χ4v) is 3.44. The predicted octanol–water partition coefficient (Wildman–Crippen LogP) is 4.26. The lowest BCUT2D eigenvalue weighted by molar-refractivity contribution is 0.0593. The molecule has 1 fully saturated rings. The van der Waals surface area contributed by atoms with Crippen LogP contribution in [0.25, 0.3) is 0 Å². The Bertz CT molecular complexity index is 700. The second kappa shape index (κ2) is 7.62. The van der Waals surface area contributed by atoms with E-state index < -0.39 is 5.97 Å². The Kier molecular flexibility index (Phi) is 5.30. The lowest BCUT2D eigenvalue weighted by Gasteiger charge is -2.25. The Hall–Kier alpha value is -2.14. The van der Waals surface area contributed by atoms with Crippen molar-refractivity contribution < 1.29 is 9.53 Å². The van der Waals surface area contributed by atoms with E-state index in [0.717, 1.165) is 10.6 Å². The summed E-state index contributed by atoms with van der Waals surface area (Å²) in [6.45, 7) is 0. The van der Waals surface area contributed by atoms with Gasteiger partial charge in [0.15, 0.2) is 5.69 Å². The summed E-state index contributed by atoms with van der Waals surface area (Å²) in [5, 5.41) is 12.2. The van der Waals surface area contributed by atoms with E-state index in [4.69, 9.17) is 11.6 Å². The number of rotatable bonds is 5. The Morgan fingerprint density at radius 2 is 2.04 bits per heavy atom. The molecule has 1 saturated carbocycles. The van der Waals surface area contributed by atoms with E-state index in [-0.39, 0.29) is 11.7 Å². The summed E-state index contributed by atoms with van der Waals surface area (Å²) < 4.78 is 4.64. The Balaban J connectivity index is 1.82. The van der Waals surface area contributed by atoms with E-state index >= 15 is 0 Å². The number of halogens is 1. The number of nitrogens with zero attached hydrogens (tertiary/aromatic N) is 2. The Morgan fingerprint density at radius 1 is 1.25 bits per heavy atom. The van der Waals surface area contributed by atoms with Crippen molar-refractivity contribution in [3.05, 3.63) is 52.7 Å². The molecule has 6 heteroatoms. The minimum atomic E-state index is -0.490. The van der Waals surface area contributed by atoms with Crippen molar-refractivity contribution >= 4 is 23.4 Å². The molecule has 126 valence electrons. The zero-order chi connectivity index (χ0) is 16.9. The number of hydrogen-bond donors (Lipinski definition) is 1. The summed E-state index contributed by atoms with van der Waals surface area (Å²) in [5.74, 6) is 0.682. The highest BCUT2D eigenvalue weighted by Gasteiger charge is 2.27. The molecule has 0 bridgehead atoms. The van der Waals surface area contributed by atoms with Gasteiger partial charge in [0.2, 0.25) is 0 Å². The molecule has 0 spiro atoms. The zero-order valence-electron chi connectivity index (χ0n) is 13.5. The monoisotopic (exact) mass is 345 g/mol. The largest absolute Gasteiger partial charge is 0.464 e. The van der Waals surface area contributed by atoms with Crippen molar-refractivity contribution in [1.82, 2.24) is 10.2 Å². The molecular weight excluding hydrogens is 326 g/mol. The van der Waals surface area contributed by atoms with Gasteiger partial charge in [0, 0.05) is 5.02 Å². The molecule has 1 N–H and O–H groups in total. The molecule has 0 amide bonds. The van der Waals surface area contributed by atoms with Gasteiger partial charge in [0.25, 0.3) is 0 Å². The molecule has 2 aromatic rings. The highest BCUT2D eigenvalue weighted by Crippen LogP contribution is 2.38. The number of benzene rings is 1. The lowest BCUT2D eigenvalue weighted by atomic mass is 9.91. The van der Waals surface area contributed by atoms with Gasteiger partial charge in [-0.15, -0.1) is 10.2 Å². The van der Waals surface area contributed by atoms with Crippen molar-refractivity contribution in [2.24, 2.45) is 5.92 Å². The number of hydrogen-bond acceptors (Lipinski definition) is 5. The van der Waals surface area contributed by atoms with Crippen LogP contribution in [0.4, 0.5) is 5.82 Å². The van der Waals surface area contributed by atoms with Gasteiger partial charge < -0.3 is 10.1 Å². The van der Waals surface area contributed by atoms with Crippen molar-refractivity contribution in [2.75, 3.05) is 12.4 Å². The van der Waals surface area contributed by atoms with E-state index in [0.29, 0.717) is 11.7 Å². The number of anilines is 1. The van der Waals surface area contributed by atoms with Crippen LogP contribution in [0.15, 0.2) is 36.4 Å². The Morgan fingerprint density at radius 3 is 2.67 bits per heavy atom.